The first-order valence-corrected chi connectivity index (χ1v) is 13.3. The molecule has 1 saturated carbocycles. The summed E-state index contributed by atoms with van der Waals surface area (Å²) in [5, 5.41) is 5.15. The molecule has 3 heterocycles. The third-order valence-electron chi connectivity index (χ3n) is 7.63. The number of anilines is 1. The number of hydrogen-bond donors (Lipinski definition) is 2. The molecule has 2 amide bonds. The van der Waals surface area contributed by atoms with Crippen molar-refractivity contribution in [2.45, 2.75) is 87.8 Å². The molecule has 5 rings (SSSR count). The number of nitrogens with zero attached hydrogens (tertiary/aromatic N) is 2. The Morgan fingerprint density at radius 3 is 2.27 bits per heavy atom. The van der Waals surface area contributed by atoms with Gasteiger partial charge in [-0.1, -0.05) is 11.6 Å². The van der Waals surface area contributed by atoms with Gasteiger partial charge >= 0.3 is 6.18 Å². The zero-order chi connectivity index (χ0) is 29.0. The van der Waals surface area contributed by atoms with Gasteiger partial charge < -0.3 is 20.3 Å². The second-order valence-electron chi connectivity index (χ2n) is 11.1. The summed E-state index contributed by atoms with van der Waals surface area (Å²) in [5.41, 5.74) is -2.46. The number of aromatic nitrogens is 1. The molecule has 1 aromatic heterocycles. The minimum Gasteiger partial charge on any atom is -0.477 e. The number of fused-ring (bicyclic) bond motifs is 2. The van der Waals surface area contributed by atoms with Gasteiger partial charge in [-0.25, -0.2) is 13.8 Å². The molecular weight excluding hydrogens is 559 g/mol. The fraction of sp³-hybridized carbons (Fsp3) is 0.519. The van der Waals surface area contributed by atoms with Gasteiger partial charge in [0.2, 0.25) is 0 Å². The standard InChI is InChI=1S/C27H28ClF5N4O3/c1-25(2,40-20-7-4-15(28)9-19(20)27(31,32)33)24(39)35-16-10-17-5-6-18(11-16)37(17)22-8-3-14(13-34-22)23(38)36-21-12-26(21,29)30/h3-4,7-9,13,16-18,21H,5-6,10-12H2,1-2H3,(H,35,39)(H,36,38)/t16-,17+,18-,21?. The number of alkyl halides is 5. The molecule has 3 aliphatic rings. The first-order valence-electron chi connectivity index (χ1n) is 12.9. The molecule has 40 heavy (non-hydrogen) atoms. The molecule has 2 N–H and O–H groups in total. The number of halogens is 6. The Balaban J connectivity index is 1.20. The van der Waals surface area contributed by atoms with E-state index in [0.29, 0.717) is 18.7 Å². The third kappa shape index (κ3) is 5.82. The Morgan fingerprint density at radius 1 is 1.07 bits per heavy atom. The molecule has 0 spiro atoms. The maximum Gasteiger partial charge on any atom is 0.420 e. The fourth-order valence-corrected chi connectivity index (χ4v) is 5.62. The lowest BCUT2D eigenvalue weighted by molar-refractivity contribution is -0.143. The van der Waals surface area contributed by atoms with Gasteiger partial charge in [0.15, 0.2) is 5.60 Å². The fourth-order valence-electron chi connectivity index (χ4n) is 5.45. The highest BCUT2D eigenvalue weighted by Gasteiger charge is 2.58. The molecule has 1 aliphatic carbocycles. The second kappa shape index (κ2) is 10.0. The Bertz CT molecular complexity index is 1290. The van der Waals surface area contributed by atoms with E-state index in [9.17, 15) is 31.5 Å². The van der Waals surface area contributed by atoms with Crippen LogP contribution in [0.1, 0.15) is 61.9 Å². The van der Waals surface area contributed by atoms with Gasteiger partial charge in [-0.05, 0) is 69.9 Å². The van der Waals surface area contributed by atoms with Crippen molar-refractivity contribution < 1.29 is 36.3 Å². The van der Waals surface area contributed by atoms with E-state index in [0.717, 1.165) is 25.0 Å². The van der Waals surface area contributed by atoms with Crippen LogP contribution in [-0.4, -0.2) is 52.5 Å². The molecule has 2 aromatic rings. The second-order valence-corrected chi connectivity index (χ2v) is 11.5. The molecule has 1 aromatic carbocycles. The van der Waals surface area contributed by atoms with Crippen molar-refractivity contribution in [3.8, 4) is 5.75 Å². The highest BCUT2D eigenvalue weighted by molar-refractivity contribution is 6.30. The third-order valence-corrected chi connectivity index (χ3v) is 7.87. The van der Waals surface area contributed by atoms with Crippen LogP contribution in [0, 0.1) is 0 Å². The van der Waals surface area contributed by atoms with Gasteiger partial charge in [-0.3, -0.25) is 9.59 Å². The van der Waals surface area contributed by atoms with Crippen LogP contribution in [0.4, 0.5) is 27.8 Å². The minimum atomic E-state index is -4.71. The van der Waals surface area contributed by atoms with Crippen LogP contribution < -0.4 is 20.3 Å². The quantitative estimate of drug-likeness (QED) is 0.427. The molecule has 3 fully saturated rings. The lowest BCUT2D eigenvalue weighted by atomic mass is 9.96. The predicted octanol–water partition coefficient (Wildman–Crippen LogP) is 5.36. The zero-order valence-electron chi connectivity index (χ0n) is 21.7. The largest absolute Gasteiger partial charge is 0.477 e. The van der Waals surface area contributed by atoms with Crippen LogP contribution in [0.5, 0.6) is 5.75 Å². The Hall–Kier alpha value is -3.15. The van der Waals surface area contributed by atoms with Crippen molar-refractivity contribution in [3.05, 3.63) is 52.7 Å². The first-order chi connectivity index (χ1) is 18.6. The van der Waals surface area contributed by atoms with Gasteiger partial charge in [-0.2, -0.15) is 13.2 Å². The van der Waals surface area contributed by atoms with E-state index in [2.05, 4.69) is 20.5 Å². The summed E-state index contributed by atoms with van der Waals surface area (Å²) in [6, 6.07) is 5.12. The lowest BCUT2D eigenvalue weighted by Crippen LogP contribution is -2.55. The molecule has 2 aliphatic heterocycles. The van der Waals surface area contributed by atoms with Gasteiger partial charge in [-0.15, -0.1) is 0 Å². The van der Waals surface area contributed by atoms with E-state index < -0.39 is 46.9 Å². The number of ether oxygens (including phenoxy) is 1. The van der Waals surface area contributed by atoms with Gasteiger partial charge in [0, 0.05) is 35.8 Å². The van der Waals surface area contributed by atoms with Crippen LogP contribution in [-0.2, 0) is 11.0 Å². The minimum absolute atomic E-state index is 0.0542. The summed E-state index contributed by atoms with van der Waals surface area (Å²) in [6.07, 6.45) is -0.806. The maximum absolute atomic E-state index is 13.5. The number of carbonyl (C=O) groups excluding carboxylic acids is 2. The number of pyridine rings is 1. The van der Waals surface area contributed by atoms with Crippen molar-refractivity contribution in [3.63, 3.8) is 0 Å². The SMILES string of the molecule is CC(C)(Oc1ccc(Cl)cc1C(F)(F)F)C(=O)N[C@H]1C[C@H]2CC[C@@H](C1)N2c1ccc(C(=O)NC2CC2(F)F)cn1. The molecular formula is C27H28ClF5N4O3. The normalized spacial score (nSPS) is 25.4. The highest BCUT2D eigenvalue weighted by atomic mass is 35.5. The number of benzene rings is 1. The molecule has 2 bridgehead atoms. The van der Waals surface area contributed by atoms with Crippen LogP contribution in [0.3, 0.4) is 0 Å². The van der Waals surface area contributed by atoms with Crippen molar-refractivity contribution in [1.82, 2.24) is 15.6 Å². The summed E-state index contributed by atoms with van der Waals surface area (Å²) < 4.78 is 72.2. The van der Waals surface area contributed by atoms with Crippen molar-refractivity contribution in [2.75, 3.05) is 4.90 Å². The number of hydrogen-bond acceptors (Lipinski definition) is 5. The van der Waals surface area contributed by atoms with E-state index in [1.54, 1.807) is 12.1 Å². The van der Waals surface area contributed by atoms with Gasteiger partial charge in [0.25, 0.3) is 17.7 Å². The number of piperidine rings is 1. The number of amides is 2. The smallest absolute Gasteiger partial charge is 0.420 e. The first kappa shape index (κ1) is 28.4. The molecule has 216 valence electrons. The number of rotatable bonds is 7. The molecule has 1 unspecified atom stereocenters. The average Bonchev–Trinajstić information content (AvgIpc) is 3.37. The highest BCUT2D eigenvalue weighted by Crippen LogP contribution is 2.42. The lowest BCUT2D eigenvalue weighted by Gasteiger charge is -2.41. The van der Waals surface area contributed by atoms with Crippen molar-refractivity contribution in [2.24, 2.45) is 0 Å². The van der Waals surface area contributed by atoms with E-state index in [-0.39, 0.29) is 35.1 Å². The Morgan fingerprint density at radius 2 is 1.73 bits per heavy atom. The number of carbonyl (C=O) groups is 2. The maximum atomic E-state index is 13.5. The topological polar surface area (TPSA) is 83.6 Å². The van der Waals surface area contributed by atoms with Crippen molar-refractivity contribution >= 4 is 29.2 Å². The van der Waals surface area contributed by atoms with E-state index in [4.69, 9.17) is 16.3 Å². The molecule has 0 radical (unpaired) electrons. The predicted molar refractivity (Wildman–Crippen MR) is 137 cm³/mol. The summed E-state index contributed by atoms with van der Waals surface area (Å²) >= 11 is 5.74. The summed E-state index contributed by atoms with van der Waals surface area (Å²) in [7, 11) is 0. The van der Waals surface area contributed by atoms with Crippen molar-refractivity contribution in [1.29, 1.82) is 0 Å². The van der Waals surface area contributed by atoms with E-state index in [1.807, 2.05) is 0 Å². The van der Waals surface area contributed by atoms with Crippen LogP contribution in [0.25, 0.3) is 0 Å². The monoisotopic (exact) mass is 586 g/mol. The van der Waals surface area contributed by atoms with Gasteiger partial charge in [0.1, 0.15) is 11.6 Å². The van der Waals surface area contributed by atoms with E-state index in [1.165, 1.54) is 26.1 Å². The summed E-state index contributed by atoms with van der Waals surface area (Å²) in [4.78, 5) is 31.9. The summed E-state index contributed by atoms with van der Waals surface area (Å²) in [6.45, 7) is 2.82. The van der Waals surface area contributed by atoms with Gasteiger partial charge in [0.05, 0.1) is 17.2 Å². The van der Waals surface area contributed by atoms with E-state index >= 15 is 0 Å². The van der Waals surface area contributed by atoms with Crippen LogP contribution in [0.2, 0.25) is 5.02 Å². The molecule has 2 saturated heterocycles. The molecule has 7 nitrogen and oxygen atoms in total. The Labute approximate surface area is 232 Å². The van der Waals surface area contributed by atoms with Crippen LogP contribution in [0.15, 0.2) is 36.5 Å². The summed E-state index contributed by atoms with van der Waals surface area (Å²) in [5.74, 6) is -3.83. The molecule has 4 atom stereocenters. The molecule has 13 heteroatoms. The average molecular weight is 587 g/mol. The van der Waals surface area contributed by atoms with Crippen LogP contribution >= 0.6 is 11.6 Å². The number of nitrogens with one attached hydrogen (secondary N) is 2. The Kier molecular flexibility index (Phi) is 7.12. The zero-order valence-corrected chi connectivity index (χ0v) is 22.5.